The Morgan fingerprint density at radius 2 is 2.16 bits per heavy atom. The zero-order valence-corrected chi connectivity index (χ0v) is 13.3. The average molecular weight is 367 g/mol. The minimum atomic E-state index is -3.87. The molecule has 0 saturated heterocycles. The first kappa shape index (κ1) is 14.8. The number of hydrogen-bond acceptors (Lipinski definition) is 3. The fourth-order valence-electron chi connectivity index (χ4n) is 1.84. The normalized spacial score (nSPS) is 22.1. The van der Waals surface area contributed by atoms with Gasteiger partial charge >= 0.3 is 0 Å². The van der Waals surface area contributed by atoms with Crippen molar-refractivity contribution >= 4 is 41.6 Å². The second-order valence-corrected chi connectivity index (χ2v) is 8.15. The third kappa shape index (κ3) is 3.70. The van der Waals surface area contributed by atoms with Crippen LogP contribution in [0, 0.1) is 11.8 Å². The molecule has 1 aliphatic carbocycles. The van der Waals surface area contributed by atoms with Gasteiger partial charge in [-0.2, -0.15) is 0 Å². The van der Waals surface area contributed by atoms with Crippen LogP contribution in [-0.2, 0) is 9.05 Å². The highest BCUT2D eigenvalue weighted by Crippen LogP contribution is 2.36. The fraction of sp³-hybridized carbons (Fsp3) is 0.417. The van der Waals surface area contributed by atoms with Crippen molar-refractivity contribution in [2.45, 2.75) is 18.2 Å². The maximum atomic E-state index is 11.9. The van der Waals surface area contributed by atoms with Crippen LogP contribution in [0.15, 0.2) is 27.6 Å². The van der Waals surface area contributed by atoms with Crippen molar-refractivity contribution in [1.29, 1.82) is 0 Å². The molecule has 4 nitrogen and oxygen atoms in total. The maximum Gasteiger partial charge on any atom is 0.262 e. The monoisotopic (exact) mass is 365 g/mol. The lowest BCUT2D eigenvalue weighted by Gasteiger charge is -2.07. The Labute approximate surface area is 125 Å². The number of halogens is 2. The highest BCUT2D eigenvalue weighted by molar-refractivity contribution is 9.10. The molecular formula is C12H13BrClNO3S. The minimum absolute atomic E-state index is 0.0957. The minimum Gasteiger partial charge on any atom is -0.352 e. The zero-order valence-electron chi connectivity index (χ0n) is 10.2. The lowest BCUT2D eigenvalue weighted by atomic mass is 10.2. The van der Waals surface area contributed by atoms with Crippen molar-refractivity contribution < 1.29 is 13.2 Å². The van der Waals surface area contributed by atoms with Crippen LogP contribution in [0.5, 0.6) is 0 Å². The molecule has 2 atom stereocenters. The summed E-state index contributed by atoms with van der Waals surface area (Å²) in [4.78, 5) is 11.8. The highest BCUT2D eigenvalue weighted by Gasteiger charge is 2.32. The van der Waals surface area contributed by atoms with Crippen LogP contribution in [0.2, 0.25) is 0 Å². The second kappa shape index (κ2) is 5.42. The molecule has 1 aromatic carbocycles. The van der Waals surface area contributed by atoms with E-state index in [0.717, 1.165) is 6.42 Å². The summed E-state index contributed by atoms with van der Waals surface area (Å²) < 4.78 is 23.0. The van der Waals surface area contributed by atoms with Gasteiger partial charge in [0.2, 0.25) is 0 Å². The molecule has 0 aliphatic heterocycles. The molecule has 2 unspecified atom stereocenters. The van der Waals surface area contributed by atoms with Crippen molar-refractivity contribution in [3.8, 4) is 0 Å². The number of carbonyl (C=O) groups is 1. The second-order valence-electron chi connectivity index (χ2n) is 4.77. The Kier molecular flexibility index (Phi) is 4.23. The molecule has 0 heterocycles. The van der Waals surface area contributed by atoms with E-state index < -0.39 is 9.05 Å². The van der Waals surface area contributed by atoms with E-state index in [1.54, 1.807) is 6.07 Å². The number of rotatable bonds is 4. The fourth-order valence-corrected chi connectivity index (χ4v) is 3.96. The van der Waals surface area contributed by atoms with E-state index in [0.29, 0.717) is 22.9 Å². The van der Waals surface area contributed by atoms with Crippen LogP contribution in [0.1, 0.15) is 23.7 Å². The largest absolute Gasteiger partial charge is 0.352 e. The van der Waals surface area contributed by atoms with E-state index in [9.17, 15) is 13.2 Å². The molecule has 7 heteroatoms. The van der Waals surface area contributed by atoms with Crippen LogP contribution < -0.4 is 5.32 Å². The molecule has 1 aromatic rings. The summed E-state index contributed by atoms with van der Waals surface area (Å²) >= 11 is 3.10. The summed E-state index contributed by atoms with van der Waals surface area (Å²) in [5, 5.41) is 2.80. The predicted molar refractivity (Wildman–Crippen MR) is 76.8 cm³/mol. The zero-order chi connectivity index (χ0) is 14.2. The van der Waals surface area contributed by atoms with E-state index in [2.05, 4.69) is 28.2 Å². The van der Waals surface area contributed by atoms with Crippen LogP contribution >= 0.6 is 26.6 Å². The molecule has 1 N–H and O–H groups in total. The first-order valence-electron chi connectivity index (χ1n) is 5.81. The van der Waals surface area contributed by atoms with Crippen molar-refractivity contribution in [2.75, 3.05) is 6.54 Å². The molecular weight excluding hydrogens is 354 g/mol. The number of amides is 1. The smallest absolute Gasteiger partial charge is 0.262 e. The third-order valence-corrected chi connectivity index (χ3v) is 5.57. The number of hydrogen-bond donors (Lipinski definition) is 1. The van der Waals surface area contributed by atoms with Crippen LogP contribution in [-0.4, -0.2) is 20.9 Å². The topological polar surface area (TPSA) is 63.2 Å². The Bertz CT molecular complexity index is 617. The first-order chi connectivity index (χ1) is 8.79. The Morgan fingerprint density at radius 1 is 1.53 bits per heavy atom. The van der Waals surface area contributed by atoms with Crippen molar-refractivity contribution in [2.24, 2.45) is 11.8 Å². The van der Waals surface area contributed by atoms with Gasteiger partial charge in [-0.1, -0.05) is 6.92 Å². The number of benzene rings is 1. The molecule has 104 valence electrons. The molecule has 0 bridgehead atoms. The van der Waals surface area contributed by atoms with Gasteiger partial charge in [-0.25, -0.2) is 8.42 Å². The van der Waals surface area contributed by atoms with Gasteiger partial charge in [0.15, 0.2) is 0 Å². The molecule has 2 rings (SSSR count). The summed E-state index contributed by atoms with van der Waals surface area (Å²) in [5.74, 6) is 0.910. The van der Waals surface area contributed by atoms with Gasteiger partial charge in [0, 0.05) is 27.3 Å². The Hall–Kier alpha value is -0.590. The molecule has 1 aliphatic rings. The standard InChI is InChI=1S/C12H13BrClNO3S/c1-7-4-9(7)6-15-12(16)8-2-3-10(13)11(5-8)19(14,17)18/h2-3,5,7,9H,4,6H2,1H3,(H,15,16). The molecule has 1 fully saturated rings. The predicted octanol–water partition coefficient (Wildman–Crippen LogP) is 2.76. The lowest BCUT2D eigenvalue weighted by Crippen LogP contribution is -2.26. The van der Waals surface area contributed by atoms with E-state index in [4.69, 9.17) is 10.7 Å². The number of nitrogens with one attached hydrogen (secondary N) is 1. The van der Waals surface area contributed by atoms with Crippen LogP contribution in [0.4, 0.5) is 0 Å². The van der Waals surface area contributed by atoms with Gasteiger partial charge in [-0.3, -0.25) is 4.79 Å². The SMILES string of the molecule is CC1CC1CNC(=O)c1ccc(Br)c(S(=O)(=O)Cl)c1. The summed E-state index contributed by atoms with van der Waals surface area (Å²) in [6.07, 6.45) is 1.13. The van der Waals surface area contributed by atoms with E-state index in [1.807, 2.05) is 0 Å². The van der Waals surface area contributed by atoms with E-state index in [1.165, 1.54) is 12.1 Å². The van der Waals surface area contributed by atoms with Crippen LogP contribution in [0.3, 0.4) is 0 Å². The summed E-state index contributed by atoms with van der Waals surface area (Å²) in [6, 6.07) is 4.34. The highest BCUT2D eigenvalue weighted by atomic mass is 79.9. The van der Waals surface area contributed by atoms with Gasteiger partial charge in [0.25, 0.3) is 15.0 Å². The van der Waals surface area contributed by atoms with Crippen molar-refractivity contribution in [3.05, 3.63) is 28.2 Å². The molecule has 0 aromatic heterocycles. The molecule has 0 spiro atoms. The maximum absolute atomic E-state index is 11.9. The summed E-state index contributed by atoms with van der Waals surface area (Å²) in [5.41, 5.74) is 0.288. The van der Waals surface area contributed by atoms with Gasteiger partial charge in [-0.15, -0.1) is 0 Å². The van der Waals surface area contributed by atoms with E-state index >= 15 is 0 Å². The Morgan fingerprint density at radius 3 is 2.68 bits per heavy atom. The number of carbonyl (C=O) groups excluding carboxylic acids is 1. The van der Waals surface area contributed by atoms with Crippen molar-refractivity contribution in [3.63, 3.8) is 0 Å². The van der Waals surface area contributed by atoms with Gasteiger partial charge in [-0.05, 0) is 52.4 Å². The first-order valence-corrected chi connectivity index (χ1v) is 8.91. The molecule has 1 saturated carbocycles. The van der Waals surface area contributed by atoms with Gasteiger partial charge < -0.3 is 5.32 Å². The van der Waals surface area contributed by atoms with E-state index in [-0.39, 0.29) is 16.4 Å². The quantitative estimate of drug-likeness (QED) is 0.833. The molecule has 0 radical (unpaired) electrons. The summed E-state index contributed by atoms with van der Waals surface area (Å²) in [7, 11) is 1.44. The lowest BCUT2D eigenvalue weighted by molar-refractivity contribution is 0.0951. The van der Waals surface area contributed by atoms with Crippen molar-refractivity contribution in [1.82, 2.24) is 5.32 Å². The third-order valence-electron chi connectivity index (χ3n) is 3.26. The summed E-state index contributed by atoms with van der Waals surface area (Å²) in [6.45, 7) is 2.76. The average Bonchev–Trinajstić information content (AvgIpc) is 3.01. The molecule has 19 heavy (non-hydrogen) atoms. The van der Waals surface area contributed by atoms with Gasteiger partial charge in [0.1, 0.15) is 0 Å². The van der Waals surface area contributed by atoms with Crippen LogP contribution in [0.25, 0.3) is 0 Å². The van der Waals surface area contributed by atoms with Gasteiger partial charge in [0.05, 0.1) is 4.90 Å². The molecule has 1 amide bonds. The Balaban J connectivity index is 2.14.